The van der Waals surface area contributed by atoms with Gasteiger partial charge in [0.2, 0.25) is 0 Å². The summed E-state index contributed by atoms with van der Waals surface area (Å²) in [6.07, 6.45) is 4.88. The summed E-state index contributed by atoms with van der Waals surface area (Å²) in [5.41, 5.74) is 0. The van der Waals surface area contributed by atoms with Crippen molar-refractivity contribution in [3.05, 3.63) is 0 Å². The molecular formula is C18H32Cl2F2N2O3. The van der Waals surface area contributed by atoms with Crippen LogP contribution in [0.2, 0.25) is 0 Å². The van der Waals surface area contributed by atoms with Crippen molar-refractivity contribution < 1.29 is 23.0 Å². The minimum atomic E-state index is -2.61. The van der Waals surface area contributed by atoms with E-state index in [1.807, 2.05) is 6.92 Å². The van der Waals surface area contributed by atoms with Gasteiger partial charge in [0, 0.05) is 26.1 Å². The van der Waals surface area contributed by atoms with Gasteiger partial charge in [-0.15, -0.1) is 24.8 Å². The average molecular weight is 433 g/mol. The zero-order valence-electron chi connectivity index (χ0n) is 15.9. The lowest BCUT2D eigenvalue weighted by atomic mass is 9.87. The van der Waals surface area contributed by atoms with Gasteiger partial charge >= 0.3 is 5.97 Å². The lowest BCUT2D eigenvalue weighted by Gasteiger charge is -2.38. The molecule has 0 N–H and O–H groups in total. The first-order valence-electron chi connectivity index (χ1n) is 9.66. The van der Waals surface area contributed by atoms with Crippen LogP contribution in [0.3, 0.4) is 0 Å². The van der Waals surface area contributed by atoms with Crippen LogP contribution >= 0.6 is 24.8 Å². The van der Waals surface area contributed by atoms with Crippen LogP contribution in [0.1, 0.15) is 51.9 Å². The second-order valence-corrected chi connectivity index (χ2v) is 7.51. The quantitative estimate of drug-likeness (QED) is 0.598. The average Bonchev–Trinajstić information content (AvgIpc) is 3.23. The normalized spacial score (nSPS) is 29.6. The van der Waals surface area contributed by atoms with Crippen molar-refractivity contribution >= 4 is 30.8 Å². The number of nitrogens with zero attached hydrogens (tertiary/aromatic N) is 2. The first-order chi connectivity index (χ1) is 12.0. The summed E-state index contributed by atoms with van der Waals surface area (Å²) in [6, 6.07) is 0. The van der Waals surface area contributed by atoms with Crippen LogP contribution in [0.25, 0.3) is 0 Å². The Labute approximate surface area is 172 Å². The van der Waals surface area contributed by atoms with Gasteiger partial charge in [-0.3, -0.25) is 14.6 Å². The van der Waals surface area contributed by atoms with E-state index in [0.29, 0.717) is 13.2 Å². The van der Waals surface area contributed by atoms with Gasteiger partial charge in [0.05, 0.1) is 25.2 Å². The van der Waals surface area contributed by atoms with Gasteiger partial charge in [-0.2, -0.15) is 0 Å². The third kappa shape index (κ3) is 6.67. The van der Waals surface area contributed by atoms with Crippen molar-refractivity contribution in [3.63, 3.8) is 0 Å². The molecule has 0 amide bonds. The molecule has 3 fully saturated rings. The van der Waals surface area contributed by atoms with Crippen LogP contribution in [0.5, 0.6) is 0 Å². The number of likely N-dealkylation sites (tertiary alicyclic amines) is 2. The van der Waals surface area contributed by atoms with Crippen LogP contribution in [-0.2, 0) is 14.3 Å². The Morgan fingerprint density at radius 3 is 2.22 bits per heavy atom. The lowest BCUT2D eigenvalue weighted by Crippen LogP contribution is -2.50. The lowest BCUT2D eigenvalue weighted by molar-refractivity contribution is -0.184. The molecule has 5 nitrogen and oxygen atoms in total. The first-order valence-corrected chi connectivity index (χ1v) is 9.66. The van der Waals surface area contributed by atoms with E-state index in [4.69, 9.17) is 9.47 Å². The zero-order valence-corrected chi connectivity index (χ0v) is 17.5. The summed E-state index contributed by atoms with van der Waals surface area (Å²) < 4.78 is 38.7. The fourth-order valence-corrected chi connectivity index (χ4v) is 4.18. The maximum Gasteiger partial charge on any atom is 0.308 e. The van der Waals surface area contributed by atoms with Gasteiger partial charge in [0.25, 0.3) is 5.92 Å². The standard InChI is InChI=1S/C18H30F2N2O3.2ClH/c1-2-24-16(23)14-5-7-15(8-6-14)25-17(21-10-3-4-11-21)22-12-9-18(19,20)13-22;;/h14-15,17H,2-13H2,1H3;2*1H. The highest BCUT2D eigenvalue weighted by atomic mass is 35.5. The smallest absolute Gasteiger partial charge is 0.308 e. The number of carbonyl (C=O) groups excluding carboxylic acids is 1. The topological polar surface area (TPSA) is 42.0 Å². The molecule has 1 aliphatic carbocycles. The number of hydrogen-bond acceptors (Lipinski definition) is 5. The Bertz CT molecular complexity index is 460. The molecule has 2 saturated heterocycles. The summed E-state index contributed by atoms with van der Waals surface area (Å²) in [4.78, 5) is 15.8. The van der Waals surface area contributed by atoms with Crippen LogP contribution in [0.15, 0.2) is 0 Å². The van der Waals surface area contributed by atoms with Crippen LogP contribution in [0, 0.1) is 5.92 Å². The molecule has 3 aliphatic rings. The predicted octanol–water partition coefficient (Wildman–Crippen LogP) is 3.69. The highest BCUT2D eigenvalue weighted by molar-refractivity contribution is 5.85. The van der Waals surface area contributed by atoms with Gasteiger partial charge in [0.15, 0.2) is 6.35 Å². The number of halogens is 4. The Balaban J connectivity index is 0.00000182. The van der Waals surface area contributed by atoms with Gasteiger partial charge in [-0.1, -0.05) is 0 Å². The molecule has 3 rings (SSSR count). The molecule has 0 spiro atoms. The summed E-state index contributed by atoms with van der Waals surface area (Å²) >= 11 is 0. The number of carbonyl (C=O) groups is 1. The monoisotopic (exact) mass is 432 g/mol. The van der Waals surface area contributed by atoms with Crippen LogP contribution < -0.4 is 0 Å². The summed E-state index contributed by atoms with van der Waals surface area (Å²) in [5, 5.41) is 0. The van der Waals surface area contributed by atoms with E-state index in [2.05, 4.69) is 4.90 Å². The van der Waals surface area contributed by atoms with E-state index in [-0.39, 0.29) is 62.1 Å². The number of ether oxygens (including phenoxy) is 2. The van der Waals surface area contributed by atoms with Crippen molar-refractivity contribution in [1.82, 2.24) is 9.80 Å². The largest absolute Gasteiger partial charge is 0.466 e. The van der Waals surface area contributed by atoms with E-state index in [1.54, 1.807) is 4.90 Å². The van der Waals surface area contributed by atoms with E-state index < -0.39 is 5.92 Å². The molecule has 0 aromatic heterocycles. The summed E-state index contributed by atoms with van der Waals surface area (Å²) in [6.45, 7) is 4.21. The Morgan fingerprint density at radius 2 is 1.70 bits per heavy atom. The number of hydrogen-bond donors (Lipinski definition) is 0. The highest BCUT2D eigenvalue weighted by Crippen LogP contribution is 2.33. The number of esters is 1. The van der Waals surface area contributed by atoms with Crippen molar-refractivity contribution in [1.29, 1.82) is 0 Å². The summed E-state index contributed by atoms with van der Waals surface area (Å²) in [5.74, 6) is -2.76. The molecule has 0 radical (unpaired) electrons. The van der Waals surface area contributed by atoms with Crippen LogP contribution in [0.4, 0.5) is 8.78 Å². The Hall–Kier alpha value is -0.210. The molecule has 2 heterocycles. The van der Waals surface area contributed by atoms with Gasteiger partial charge in [-0.05, 0) is 45.4 Å². The Morgan fingerprint density at radius 1 is 1.07 bits per heavy atom. The van der Waals surface area contributed by atoms with E-state index in [9.17, 15) is 13.6 Å². The van der Waals surface area contributed by atoms with Crippen LogP contribution in [-0.4, -0.2) is 66.9 Å². The summed E-state index contributed by atoms with van der Waals surface area (Å²) in [7, 11) is 0. The molecule has 0 bridgehead atoms. The van der Waals surface area contributed by atoms with E-state index in [1.165, 1.54) is 0 Å². The molecule has 9 heteroatoms. The molecule has 2 aliphatic heterocycles. The van der Waals surface area contributed by atoms with Gasteiger partial charge in [-0.25, -0.2) is 8.78 Å². The fraction of sp³-hybridized carbons (Fsp3) is 0.944. The second-order valence-electron chi connectivity index (χ2n) is 7.51. The van der Waals surface area contributed by atoms with E-state index in [0.717, 1.165) is 51.6 Å². The molecule has 27 heavy (non-hydrogen) atoms. The molecule has 1 unspecified atom stereocenters. The number of rotatable bonds is 6. The molecule has 1 saturated carbocycles. The molecular weight excluding hydrogens is 401 g/mol. The molecule has 0 aromatic carbocycles. The van der Waals surface area contributed by atoms with Crippen molar-refractivity contribution in [2.24, 2.45) is 5.92 Å². The number of alkyl halides is 2. The van der Waals surface area contributed by atoms with Crippen molar-refractivity contribution in [2.75, 3.05) is 32.8 Å². The Kier molecular flexibility index (Phi) is 10.2. The molecule has 0 aromatic rings. The van der Waals surface area contributed by atoms with Crippen molar-refractivity contribution in [2.45, 2.75) is 70.2 Å². The molecule has 160 valence electrons. The predicted molar refractivity (Wildman–Crippen MR) is 104 cm³/mol. The van der Waals surface area contributed by atoms with Crippen molar-refractivity contribution in [3.8, 4) is 0 Å². The fourth-order valence-electron chi connectivity index (χ4n) is 4.18. The third-order valence-corrected chi connectivity index (χ3v) is 5.57. The minimum Gasteiger partial charge on any atom is -0.466 e. The minimum absolute atomic E-state index is 0. The maximum absolute atomic E-state index is 13.7. The SMILES string of the molecule is CCOC(=O)C1CCC(OC(N2CCCC2)N2CCC(F)(F)C2)CC1.Cl.Cl. The first kappa shape index (κ1) is 24.8. The van der Waals surface area contributed by atoms with E-state index >= 15 is 0 Å². The van der Waals surface area contributed by atoms with Gasteiger partial charge in [0.1, 0.15) is 0 Å². The van der Waals surface area contributed by atoms with Gasteiger partial charge < -0.3 is 9.47 Å². The molecule has 1 atom stereocenters. The third-order valence-electron chi connectivity index (χ3n) is 5.57. The zero-order chi connectivity index (χ0) is 17.9. The second kappa shape index (κ2) is 11.1. The maximum atomic E-state index is 13.7. The highest BCUT2D eigenvalue weighted by Gasteiger charge is 2.44.